The fourth-order valence-corrected chi connectivity index (χ4v) is 5.62. The molecule has 2 heterocycles. The van der Waals surface area contributed by atoms with Crippen molar-refractivity contribution in [3.05, 3.63) is 53.8 Å². The second-order valence-corrected chi connectivity index (χ2v) is 10.0. The predicted octanol–water partition coefficient (Wildman–Crippen LogP) is 2.56. The lowest BCUT2D eigenvalue weighted by Gasteiger charge is -2.31. The van der Waals surface area contributed by atoms with Crippen LogP contribution in [0.5, 0.6) is 5.75 Å². The number of nitrogens with one attached hydrogen (secondary N) is 1. The molecule has 2 aliphatic rings. The Morgan fingerprint density at radius 2 is 1.72 bits per heavy atom. The number of benzene rings is 2. The first kappa shape index (κ1) is 22.1. The minimum atomic E-state index is -3.38. The SMILES string of the molecule is O=C(Nc1cc(N2CCCS2(=O)=O)ccc1O)C1CCN(C(=O)c2ccc(F)cc2)CC1. The van der Waals surface area contributed by atoms with E-state index in [0.29, 0.717) is 50.1 Å². The van der Waals surface area contributed by atoms with Gasteiger partial charge in [-0.05, 0) is 61.7 Å². The molecule has 32 heavy (non-hydrogen) atoms. The summed E-state index contributed by atoms with van der Waals surface area (Å²) in [5.74, 6) is -1.35. The van der Waals surface area contributed by atoms with E-state index in [1.165, 1.54) is 46.8 Å². The maximum Gasteiger partial charge on any atom is 0.253 e. The van der Waals surface area contributed by atoms with E-state index in [4.69, 9.17) is 0 Å². The smallest absolute Gasteiger partial charge is 0.253 e. The summed E-state index contributed by atoms with van der Waals surface area (Å²) in [7, 11) is -3.38. The third-order valence-electron chi connectivity index (χ3n) is 5.87. The first-order chi connectivity index (χ1) is 15.2. The molecular formula is C22H24FN3O5S. The molecule has 2 N–H and O–H groups in total. The maximum absolute atomic E-state index is 13.1. The second kappa shape index (κ2) is 8.78. The van der Waals surface area contributed by atoms with Crippen LogP contribution in [0.2, 0.25) is 0 Å². The molecule has 2 fully saturated rings. The zero-order chi connectivity index (χ0) is 22.9. The number of rotatable bonds is 4. The molecule has 2 amide bonds. The van der Waals surface area contributed by atoms with E-state index in [1.54, 1.807) is 4.90 Å². The Balaban J connectivity index is 1.38. The Bertz CT molecular complexity index is 1130. The first-order valence-electron chi connectivity index (χ1n) is 10.4. The summed E-state index contributed by atoms with van der Waals surface area (Å²) < 4.78 is 38.7. The van der Waals surface area contributed by atoms with Gasteiger partial charge in [0.2, 0.25) is 15.9 Å². The number of carbonyl (C=O) groups excluding carboxylic acids is 2. The Morgan fingerprint density at radius 3 is 2.34 bits per heavy atom. The molecule has 170 valence electrons. The highest BCUT2D eigenvalue weighted by atomic mass is 32.2. The Hall–Kier alpha value is -3.14. The van der Waals surface area contributed by atoms with Crippen molar-refractivity contribution in [1.82, 2.24) is 4.90 Å². The van der Waals surface area contributed by atoms with Gasteiger partial charge in [-0.25, -0.2) is 12.8 Å². The average molecular weight is 462 g/mol. The number of likely N-dealkylation sites (tertiary alicyclic amines) is 1. The van der Waals surface area contributed by atoms with Crippen molar-refractivity contribution >= 4 is 33.2 Å². The number of hydrogen-bond acceptors (Lipinski definition) is 5. The number of sulfonamides is 1. The highest BCUT2D eigenvalue weighted by Gasteiger charge is 2.30. The fourth-order valence-electron chi connectivity index (χ4n) is 4.06. The predicted molar refractivity (Wildman–Crippen MR) is 118 cm³/mol. The number of piperidine rings is 1. The monoisotopic (exact) mass is 461 g/mol. The summed E-state index contributed by atoms with van der Waals surface area (Å²) in [6.07, 6.45) is 1.42. The standard InChI is InChI=1S/C22H24FN3O5S/c23-17-4-2-16(3-5-17)22(29)25-11-8-15(9-12-25)21(28)24-19-14-18(6-7-20(19)27)26-10-1-13-32(26,30)31/h2-7,14-15,27H,1,8-13H2,(H,24,28). The normalized spacial score (nSPS) is 18.5. The fraction of sp³-hybridized carbons (Fsp3) is 0.364. The van der Waals surface area contributed by atoms with Gasteiger partial charge >= 0.3 is 0 Å². The summed E-state index contributed by atoms with van der Waals surface area (Å²) in [5.41, 5.74) is 0.947. The van der Waals surface area contributed by atoms with Crippen LogP contribution >= 0.6 is 0 Å². The van der Waals surface area contributed by atoms with Crippen molar-refractivity contribution in [3.63, 3.8) is 0 Å². The number of phenolic OH excluding ortho intramolecular Hbond substituents is 1. The van der Waals surface area contributed by atoms with Crippen molar-refractivity contribution in [1.29, 1.82) is 0 Å². The van der Waals surface area contributed by atoms with Gasteiger partial charge in [-0.3, -0.25) is 13.9 Å². The number of aromatic hydroxyl groups is 1. The van der Waals surface area contributed by atoms with E-state index in [2.05, 4.69) is 5.32 Å². The molecule has 0 aliphatic carbocycles. The third kappa shape index (κ3) is 4.55. The van der Waals surface area contributed by atoms with E-state index in [-0.39, 0.29) is 34.9 Å². The minimum absolute atomic E-state index is 0.0742. The Morgan fingerprint density at radius 1 is 1.03 bits per heavy atom. The van der Waals surface area contributed by atoms with E-state index in [0.717, 1.165) is 0 Å². The number of hydrogen-bond donors (Lipinski definition) is 2. The van der Waals surface area contributed by atoms with E-state index in [1.807, 2.05) is 0 Å². The summed E-state index contributed by atoms with van der Waals surface area (Å²) >= 11 is 0. The zero-order valence-corrected chi connectivity index (χ0v) is 18.1. The molecule has 2 aromatic carbocycles. The quantitative estimate of drug-likeness (QED) is 0.681. The van der Waals surface area contributed by atoms with Gasteiger partial charge in [0.05, 0.1) is 17.1 Å². The third-order valence-corrected chi connectivity index (χ3v) is 7.74. The van der Waals surface area contributed by atoms with Crippen LogP contribution < -0.4 is 9.62 Å². The number of halogens is 1. The number of nitrogens with zero attached hydrogens (tertiary/aromatic N) is 2. The van der Waals surface area contributed by atoms with Crippen molar-refractivity contribution < 1.29 is 27.5 Å². The molecule has 2 saturated heterocycles. The zero-order valence-electron chi connectivity index (χ0n) is 17.3. The second-order valence-electron chi connectivity index (χ2n) is 8.01. The van der Waals surface area contributed by atoms with Crippen LogP contribution in [0.15, 0.2) is 42.5 Å². The molecule has 2 aromatic rings. The van der Waals surface area contributed by atoms with Gasteiger partial charge in [-0.2, -0.15) is 0 Å². The molecule has 4 rings (SSSR count). The molecule has 0 bridgehead atoms. The summed E-state index contributed by atoms with van der Waals surface area (Å²) in [5, 5.41) is 12.9. The maximum atomic E-state index is 13.1. The van der Waals surface area contributed by atoms with Crippen LogP contribution in [0.25, 0.3) is 0 Å². The molecule has 0 unspecified atom stereocenters. The molecule has 0 radical (unpaired) electrons. The van der Waals surface area contributed by atoms with Crippen LogP contribution in [-0.4, -0.2) is 55.6 Å². The largest absolute Gasteiger partial charge is 0.506 e. The van der Waals surface area contributed by atoms with Crippen LogP contribution in [0.3, 0.4) is 0 Å². The first-order valence-corrected chi connectivity index (χ1v) is 12.0. The van der Waals surface area contributed by atoms with Crippen LogP contribution in [-0.2, 0) is 14.8 Å². The van der Waals surface area contributed by atoms with Crippen LogP contribution in [0.1, 0.15) is 29.6 Å². The number of anilines is 2. The van der Waals surface area contributed by atoms with Gasteiger partial charge < -0.3 is 15.3 Å². The molecule has 0 atom stereocenters. The van der Waals surface area contributed by atoms with Gasteiger partial charge in [-0.15, -0.1) is 0 Å². The summed E-state index contributed by atoms with van der Waals surface area (Å²) in [6.45, 7) is 1.12. The Kier molecular flexibility index (Phi) is 6.05. The van der Waals surface area contributed by atoms with E-state index >= 15 is 0 Å². The molecule has 0 spiro atoms. The highest BCUT2D eigenvalue weighted by molar-refractivity contribution is 7.93. The molecule has 0 saturated carbocycles. The van der Waals surface area contributed by atoms with E-state index in [9.17, 15) is 27.5 Å². The van der Waals surface area contributed by atoms with E-state index < -0.39 is 15.8 Å². The minimum Gasteiger partial charge on any atom is -0.506 e. The topological polar surface area (TPSA) is 107 Å². The van der Waals surface area contributed by atoms with Gasteiger partial charge in [-0.1, -0.05) is 0 Å². The summed E-state index contributed by atoms with van der Waals surface area (Å²) in [4.78, 5) is 27.0. The highest BCUT2D eigenvalue weighted by Crippen LogP contribution is 2.33. The van der Waals surface area contributed by atoms with Crippen molar-refractivity contribution in [2.75, 3.05) is 35.0 Å². The van der Waals surface area contributed by atoms with Crippen LogP contribution in [0, 0.1) is 11.7 Å². The van der Waals surface area contributed by atoms with Crippen molar-refractivity contribution in [3.8, 4) is 5.75 Å². The van der Waals surface area contributed by atoms with Gasteiger partial charge in [0.15, 0.2) is 0 Å². The number of phenols is 1. The van der Waals surface area contributed by atoms with Crippen molar-refractivity contribution in [2.45, 2.75) is 19.3 Å². The Labute approximate surface area is 185 Å². The number of carbonyl (C=O) groups is 2. The lowest BCUT2D eigenvalue weighted by molar-refractivity contribution is -0.121. The molecular weight excluding hydrogens is 437 g/mol. The molecule has 2 aliphatic heterocycles. The van der Waals surface area contributed by atoms with Gasteiger partial charge in [0.1, 0.15) is 11.6 Å². The summed E-state index contributed by atoms with van der Waals surface area (Å²) in [6, 6.07) is 9.68. The van der Waals surface area contributed by atoms with Gasteiger partial charge in [0, 0.05) is 31.1 Å². The lowest BCUT2D eigenvalue weighted by Crippen LogP contribution is -2.41. The average Bonchev–Trinajstić information content (AvgIpc) is 3.14. The molecule has 10 heteroatoms. The number of amides is 2. The van der Waals surface area contributed by atoms with Crippen LogP contribution in [0.4, 0.5) is 15.8 Å². The molecule has 0 aromatic heterocycles. The lowest BCUT2D eigenvalue weighted by atomic mass is 9.95. The molecule has 8 nitrogen and oxygen atoms in total. The van der Waals surface area contributed by atoms with Gasteiger partial charge in [0.25, 0.3) is 5.91 Å². The van der Waals surface area contributed by atoms with Crippen molar-refractivity contribution in [2.24, 2.45) is 5.92 Å².